The molecule has 1 saturated heterocycles. The molecule has 29 heavy (non-hydrogen) atoms. The number of nitrogens with one attached hydrogen (secondary N) is 1. The molecule has 6 nitrogen and oxygen atoms in total. The molecular weight excluding hydrogens is 390 g/mol. The minimum absolute atomic E-state index is 0.0669. The highest BCUT2D eigenvalue weighted by Gasteiger charge is 2.30. The van der Waals surface area contributed by atoms with Gasteiger partial charge in [0.25, 0.3) is 0 Å². The molecule has 0 unspecified atom stereocenters. The molecular formula is C22H28ClN3O3. The van der Waals surface area contributed by atoms with E-state index in [0.717, 1.165) is 44.9 Å². The number of hydrogen-bond donors (Lipinski definition) is 1. The topological polar surface area (TPSA) is 54.0 Å². The molecule has 1 aliphatic rings. The molecule has 1 amide bonds. The van der Waals surface area contributed by atoms with Crippen LogP contribution in [0.25, 0.3) is 0 Å². The van der Waals surface area contributed by atoms with Gasteiger partial charge in [-0.2, -0.15) is 0 Å². The molecule has 1 heterocycles. The molecule has 0 spiro atoms. The van der Waals surface area contributed by atoms with E-state index in [2.05, 4.69) is 15.1 Å². The van der Waals surface area contributed by atoms with Crippen LogP contribution in [-0.4, -0.2) is 69.3 Å². The first kappa shape index (κ1) is 21.6. The Morgan fingerprint density at radius 3 is 2.45 bits per heavy atom. The van der Waals surface area contributed by atoms with E-state index in [1.165, 1.54) is 0 Å². The van der Waals surface area contributed by atoms with Crippen LogP contribution in [0.4, 0.5) is 5.69 Å². The summed E-state index contributed by atoms with van der Waals surface area (Å²) in [6.07, 6.45) is 0. The van der Waals surface area contributed by atoms with Gasteiger partial charge in [0, 0.05) is 45.5 Å². The normalized spacial score (nSPS) is 16.4. The van der Waals surface area contributed by atoms with Gasteiger partial charge in [0.1, 0.15) is 11.8 Å². The van der Waals surface area contributed by atoms with Crippen molar-refractivity contribution in [3.63, 3.8) is 0 Å². The summed E-state index contributed by atoms with van der Waals surface area (Å²) in [5.41, 5.74) is 1.63. The van der Waals surface area contributed by atoms with Gasteiger partial charge in [0.05, 0.1) is 18.7 Å². The highest BCUT2D eigenvalue weighted by molar-refractivity contribution is 6.32. The lowest BCUT2D eigenvalue weighted by molar-refractivity contribution is -0.122. The Hall–Kier alpha value is -2.12. The lowest BCUT2D eigenvalue weighted by Gasteiger charge is -2.38. The molecule has 3 rings (SSSR count). The van der Waals surface area contributed by atoms with Crippen molar-refractivity contribution < 1.29 is 14.3 Å². The van der Waals surface area contributed by atoms with Crippen molar-refractivity contribution in [1.29, 1.82) is 0 Å². The zero-order valence-corrected chi connectivity index (χ0v) is 17.7. The molecule has 7 heteroatoms. The van der Waals surface area contributed by atoms with E-state index in [9.17, 15) is 4.79 Å². The van der Waals surface area contributed by atoms with Crippen molar-refractivity contribution in [3.05, 3.63) is 59.1 Å². The number of piperazine rings is 1. The van der Waals surface area contributed by atoms with Gasteiger partial charge >= 0.3 is 0 Å². The summed E-state index contributed by atoms with van der Waals surface area (Å²) < 4.78 is 10.4. The molecule has 156 valence electrons. The number of hydrogen-bond acceptors (Lipinski definition) is 5. The fourth-order valence-electron chi connectivity index (χ4n) is 3.58. The molecule has 0 saturated carbocycles. The number of nitrogens with zero attached hydrogens (tertiary/aromatic N) is 2. The lowest BCUT2D eigenvalue weighted by Crippen LogP contribution is -2.50. The minimum Gasteiger partial charge on any atom is -0.495 e. The Balaban J connectivity index is 1.74. The summed E-state index contributed by atoms with van der Waals surface area (Å²) in [6.45, 7) is 5.10. The van der Waals surface area contributed by atoms with Gasteiger partial charge in [-0.25, -0.2) is 0 Å². The van der Waals surface area contributed by atoms with Crippen molar-refractivity contribution in [1.82, 2.24) is 9.80 Å². The number of amides is 1. The van der Waals surface area contributed by atoms with Crippen molar-refractivity contribution in [2.24, 2.45) is 0 Å². The molecule has 0 aliphatic carbocycles. The Bertz CT molecular complexity index is 795. The Labute approximate surface area is 177 Å². The molecule has 1 atom stereocenters. The standard InChI is InChI=1S/C22H28ClN3O3/c1-28-15-14-25-10-12-26(13-11-25)21(17-6-4-3-5-7-17)22(27)24-18-8-9-20(29-2)19(23)16-18/h3-9,16,21H,10-15H2,1-2H3,(H,24,27)/t21-/m1/s1. The van der Waals surface area contributed by atoms with Crippen LogP contribution < -0.4 is 10.1 Å². The largest absolute Gasteiger partial charge is 0.495 e. The molecule has 1 fully saturated rings. The number of rotatable bonds is 8. The van der Waals surface area contributed by atoms with E-state index in [4.69, 9.17) is 21.1 Å². The third-order valence-electron chi connectivity index (χ3n) is 5.17. The monoisotopic (exact) mass is 417 g/mol. The number of ether oxygens (including phenoxy) is 2. The molecule has 1 N–H and O–H groups in total. The van der Waals surface area contributed by atoms with Gasteiger partial charge < -0.3 is 14.8 Å². The number of halogens is 1. The second-order valence-electron chi connectivity index (χ2n) is 7.02. The van der Waals surface area contributed by atoms with Crippen LogP contribution in [0.15, 0.2) is 48.5 Å². The minimum atomic E-state index is -0.360. The second kappa shape index (κ2) is 10.6. The van der Waals surface area contributed by atoms with Gasteiger partial charge in [-0.05, 0) is 23.8 Å². The molecule has 0 bridgehead atoms. The molecule has 1 aliphatic heterocycles. The van der Waals surface area contributed by atoms with E-state index in [1.54, 1.807) is 32.4 Å². The zero-order valence-electron chi connectivity index (χ0n) is 16.9. The van der Waals surface area contributed by atoms with Gasteiger partial charge in [0.15, 0.2) is 0 Å². The third kappa shape index (κ3) is 5.70. The first-order chi connectivity index (χ1) is 14.1. The van der Waals surface area contributed by atoms with Crippen LogP contribution in [0.1, 0.15) is 11.6 Å². The van der Waals surface area contributed by atoms with E-state index >= 15 is 0 Å². The Morgan fingerprint density at radius 2 is 1.83 bits per heavy atom. The summed E-state index contributed by atoms with van der Waals surface area (Å²) in [7, 11) is 3.29. The van der Waals surface area contributed by atoms with Gasteiger partial charge in [-0.3, -0.25) is 14.6 Å². The fraction of sp³-hybridized carbons (Fsp3) is 0.409. The quantitative estimate of drug-likeness (QED) is 0.714. The fourth-order valence-corrected chi connectivity index (χ4v) is 3.84. The molecule has 0 radical (unpaired) electrons. The lowest BCUT2D eigenvalue weighted by atomic mass is 10.0. The summed E-state index contributed by atoms with van der Waals surface area (Å²) in [6, 6.07) is 14.8. The maximum atomic E-state index is 13.3. The van der Waals surface area contributed by atoms with Gasteiger partial charge in [-0.1, -0.05) is 41.9 Å². The van der Waals surface area contributed by atoms with Crippen LogP contribution in [-0.2, 0) is 9.53 Å². The molecule has 0 aromatic heterocycles. The van der Waals surface area contributed by atoms with E-state index in [1.807, 2.05) is 30.3 Å². The van der Waals surface area contributed by atoms with Crippen molar-refractivity contribution in [2.75, 3.05) is 58.9 Å². The third-order valence-corrected chi connectivity index (χ3v) is 5.46. The van der Waals surface area contributed by atoms with Crippen LogP contribution in [0.2, 0.25) is 5.02 Å². The van der Waals surface area contributed by atoms with E-state index in [-0.39, 0.29) is 11.9 Å². The summed E-state index contributed by atoms with van der Waals surface area (Å²) in [5, 5.41) is 3.49. The maximum Gasteiger partial charge on any atom is 0.246 e. The number of anilines is 1. The SMILES string of the molecule is COCCN1CCN([C@@H](C(=O)Nc2ccc(OC)c(Cl)c2)c2ccccc2)CC1. The molecule has 2 aromatic carbocycles. The number of carbonyl (C=O) groups is 1. The second-order valence-corrected chi connectivity index (χ2v) is 7.43. The van der Waals surface area contributed by atoms with Gasteiger partial charge in [-0.15, -0.1) is 0 Å². The van der Waals surface area contributed by atoms with Crippen LogP contribution >= 0.6 is 11.6 Å². The zero-order chi connectivity index (χ0) is 20.6. The predicted octanol–water partition coefficient (Wildman–Crippen LogP) is 3.29. The average Bonchev–Trinajstić information content (AvgIpc) is 2.74. The van der Waals surface area contributed by atoms with Crippen molar-refractivity contribution in [2.45, 2.75) is 6.04 Å². The highest BCUT2D eigenvalue weighted by Crippen LogP contribution is 2.29. The predicted molar refractivity (Wildman–Crippen MR) is 116 cm³/mol. The van der Waals surface area contributed by atoms with Crippen molar-refractivity contribution in [3.8, 4) is 5.75 Å². The first-order valence-corrected chi connectivity index (χ1v) is 10.1. The summed E-state index contributed by atoms with van der Waals surface area (Å²) >= 11 is 6.21. The highest BCUT2D eigenvalue weighted by atomic mass is 35.5. The smallest absolute Gasteiger partial charge is 0.246 e. The van der Waals surface area contributed by atoms with E-state index < -0.39 is 0 Å². The van der Waals surface area contributed by atoms with Crippen LogP contribution in [0, 0.1) is 0 Å². The van der Waals surface area contributed by atoms with Crippen LogP contribution in [0.3, 0.4) is 0 Å². The Kier molecular flexibility index (Phi) is 7.89. The van der Waals surface area contributed by atoms with E-state index in [0.29, 0.717) is 16.5 Å². The summed E-state index contributed by atoms with van der Waals surface area (Å²) in [4.78, 5) is 17.9. The maximum absolute atomic E-state index is 13.3. The Morgan fingerprint density at radius 1 is 1.10 bits per heavy atom. The number of carbonyl (C=O) groups excluding carboxylic acids is 1. The van der Waals surface area contributed by atoms with Crippen molar-refractivity contribution >= 4 is 23.2 Å². The number of benzene rings is 2. The molecule has 2 aromatic rings. The van der Waals surface area contributed by atoms with Crippen LogP contribution in [0.5, 0.6) is 5.75 Å². The number of methoxy groups -OCH3 is 2. The first-order valence-electron chi connectivity index (χ1n) is 9.77. The average molecular weight is 418 g/mol. The van der Waals surface area contributed by atoms with Gasteiger partial charge in [0.2, 0.25) is 5.91 Å². The summed E-state index contributed by atoms with van der Waals surface area (Å²) in [5.74, 6) is 0.513.